The molecule has 0 aliphatic rings. The third-order valence-corrected chi connectivity index (χ3v) is 7.74. The molecular weight excluding hydrogens is 240 g/mol. The molecule has 3 heteroatoms. The maximum atomic E-state index is 6.22. The fourth-order valence-corrected chi connectivity index (χ4v) is 2.33. The molecule has 2 nitrogen and oxygen atoms in total. The van der Waals surface area contributed by atoms with E-state index in [9.17, 15) is 0 Å². The van der Waals surface area contributed by atoms with Gasteiger partial charge in [0.2, 0.25) is 0 Å². The van der Waals surface area contributed by atoms with E-state index >= 15 is 0 Å². The Morgan fingerprint density at radius 3 is 2.28 bits per heavy atom. The molecule has 0 N–H and O–H groups in total. The summed E-state index contributed by atoms with van der Waals surface area (Å²) >= 11 is 0. The third kappa shape index (κ3) is 5.69. The van der Waals surface area contributed by atoms with Gasteiger partial charge >= 0.3 is 0 Å². The van der Waals surface area contributed by atoms with Crippen molar-refractivity contribution in [3.8, 4) is 0 Å². The van der Waals surface area contributed by atoms with E-state index in [1.165, 1.54) is 0 Å². The van der Waals surface area contributed by atoms with Crippen molar-refractivity contribution < 1.29 is 9.16 Å². The summed E-state index contributed by atoms with van der Waals surface area (Å²) in [7, 11) is -1.77. The van der Waals surface area contributed by atoms with E-state index in [1.54, 1.807) is 0 Å². The first kappa shape index (κ1) is 17.2. The lowest BCUT2D eigenvalue weighted by Gasteiger charge is -2.38. The molecule has 0 aromatic rings. The summed E-state index contributed by atoms with van der Waals surface area (Å²) in [5, 5.41) is 0.193. The van der Waals surface area contributed by atoms with Crippen molar-refractivity contribution in [2.45, 2.75) is 51.9 Å². The van der Waals surface area contributed by atoms with Gasteiger partial charge < -0.3 is 9.16 Å². The second kappa shape index (κ2) is 6.95. The van der Waals surface area contributed by atoms with E-state index in [4.69, 9.17) is 9.16 Å². The van der Waals surface area contributed by atoms with Gasteiger partial charge in [0, 0.05) is 0 Å². The van der Waals surface area contributed by atoms with E-state index in [2.05, 4.69) is 47.0 Å². The molecule has 0 amide bonds. The molecular formula is C15H28O2Si. The normalized spacial score (nSPS) is 14.6. The van der Waals surface area contributed by atoms with Crippen LogP contribution in [0.25, 0.3) is 0 Å². The SMILES string of the molecule is C=CC(/C=C/C(=C)OCC)O[Si](C)(C)C(C)(C)C. The Morgan fingerprint density at radius 2 is 1.89 bits per heavy atom. The van der Waals surface area contributed by atoms with Gasteiger partial charge in [0.1, 0.15) is 5.76 Å². The second-order valence-corrected chi connectivity index (χ2v) is 10.6. The first-order chi connectivity index (χ1) is 8.14. The van der Waals surface area contributed by atoms with Crippen molar-refractivity contribution in [1.29, 1.82) is 0 Å². The fourth-order valence-electron chi connectivity index (χ4n) is 1.12. The van der Waals surface area contributed by atoms with Gasteiger partial charge in [0.15, 0.2) is 8.32 Å². The molecule has 18 heavy (non-hydrogen) atoms. The molecule has 0 saturated heterocycles. The van der Waals surface area contributed by atoms with Crippen molar-refractivity contribution in [3.63, 3.8) is 0 Å². The minimum atomic E-state index is -1.77. The van der Waals surface area contributed by atoms with Crippen LogP contribution in [0.3, 0.4) is 0 Å². The van der Waals surface area contributed by atoms with Gasteiger partial charge in [-0.2, -0.15) is 0 Å². The Morgan fingerprint density at radius 1 is 1.33 bits per heavy atom. The lowest BCUT2D eigenvalue weighted by Crippen LogP contribution is -2.43. The van der Waals surface area contributed by atoms with Crippen molar-refractivity contribution >= 4 is 8.32 Å². The summed E-state index contributed by atoms with van der Waals surface area (Å²) in [5.74, 6) is 0.656. The molecule has 0 aromatic heterocycles. The van der Waals surface area contributed by atoms with E-state index in [1.807, 2.05) is 25.2 Å². The highest BCUT2D eigenvalue weighted by atomic mass is 28.4. The van der Waals surface area contributed by atoms with Gasteiger partial charge in [-0.15, -0.1) is 6.58 Å². The number of ether oxygens (including phenoxy) is 1. The summed E-state index contributed by atoms with van der Waals surface area (Å²) in [4.78, 5) is 0. The first-order valence-electron chi connectivity index (χ1n) is 6.44. The summed E-state index contributed by atoms with van der Waals surface area (Å²) < 4.78 is 11.5. The average molecular weight is 268 g/mol. The zero-order valence-electron chi connectivity index (χ0n) is 12.7. The monoisotopic (exact) mass is 268 g/mol. The van der Waals surface area contributed by atoms with Crippen molar-refractivity contribution in [2.24, 2.45) is 0 Å². The van der Waals surface area contributed by atoms with Gasteiger partial charge in [-0.25, -0.2) is 0 Å². The molecule has 0 spiro atoms. The van der Waals surface area contributed by atoms with Crippen LogP contribution in [-0.2, 0) is 9.16 Å². The average Bonchev–Trinajstić information content (AvgIpc) is 2.22. The lowest BCUT2D eigenvalue weighted by molar-refractivity contribution is 0.241. The third-order valence-electron chi connectivity index (χ3n) is 3.27. The molecule has 0 bridgehead atoms. The Labute approximate surface area is 114 Å². The molecule has 0 aliphatic heterocycles. The predicted molar refractivity (Wildman–Crippen MR) is 82.2 cm³/mol. The lowest BCUT2D eigenvalue weighted by atomic mass is 10.2. The highest BCUT2D eigenvalue weighted by Crippen LogP contribution is 2.37. The van der Waals surface area contributed by atoms with Crippen LogP contribution < -0.4 is 0 Å². The molecule has 104 valence electrons. The summed E-state index contributed by atoms with van der Waals surface area (Å²) in [6, 6.07) is 0. The molecule has 0 aliphatic carbocycles. The van der Waals surface area contributed by atoms with Gasteiger partial charge in [-0.3, -0.25) is 0 Å². The van der Waals surface area contributed by atoms with Gasteiger partial charge in [0.05, 0.1) is 12.7 Å². The maximum Gasteiger partial charge on any atom is 0.193 e. The van der Waals surface area contributed by atoms with E-state index in [0.29, 0.717) is 12.4 Å². The summed E-state index contributed by atoms with van der Waals surface area (Å²) in [5.41, 5.74) is 0. The molecule has 0 aromatic carbocycles. The zero-order valence-corrected chi connectivity index (χ0v) is 13.7. The van der Waals surface area contributed by atoms with Crippen LogP contribution in [0.1, 0.15) is 27.7 Å². The zero-order chi connectivity index (χ0) is 14.4. The molecule has 0 saturated carbocycles. The van der Waals surface area contributed by atoms with Crippen molar-refractivity contribution in [3.05, 3.63) is 37.1 Å². The van der Waals surface area contributed by atoms with Crippen LogP contribution in [-0.4, -0.2) is 21.0 Å². The molecule has 1 atom stereocenters. The number of hydrogen-bond donors (Lipinski definition) is 0. The summed E-state index contributed by atoms with van der Waals surface area (Å²) in [6.07, 6.45) is 5.54. The van der Waals surface area contributed by atoms with E-state index in [0.717, 1.165) is 0 Å². The minimum Gasteiger partial charge on any atom is -0.495 e. The van der Waals surface area contributed by atoms with Crippen LogP contribution in [0, 0.1) is 0 Å². The molecule has 0 fully saturated rings. The predicted octanol–water partition coefficient (Wildman–Crippen LogP) is 4.67. The Hall–Kier alpha value is -0.803. The molecule has 0 heterocycles. The van der Waals surface area contributed by atoms with E-state index < -0.39 is 8.32 Å². The Kier molecular flexibility index (Phi) is 6.64. The topological polar surface area (TPSA) is 18.5 Å². The molecule has 0 radical (unpaired) electrons. The van der Waals surface area contributed by atoms with E-state index in [-0.39, 0.29) is 11.1 Å². The number of rotatable bonds is 7. The Balaban J connectivity index is 4.63. The smallest absolute Gasteiger partial charge is 0.193 e. The largest absolute Gasteiger partial charge is 0.495 e. The molecule has 0 rings (SSSR count). The van der Waals surface area contributed by atoms with Crippen LogP contribution in [0.4, 0.5) is 0 Å². The van der Waals surface area contributed by atoms with Gasteiger partial charge in [-0.05, 0) is 37.2 Å². The van der Waals surface area contributed by atoms with Crippen LogP contribution in [0.15, 0.2) is 37.1 Å². The van der Waals surface area contributed by atoms with Crippen molar-refractivity contribution in [1.82, 2.24) is 0 Å². The van der Waals surface area contributed by atoms with Crippen molar-refractivity contribution in [2.75, 3.05) is 6.61 Å². The minimum absolute atomic E-state index is 0.0805. The van der Waals surface area contributed by atoms with Crippen LogP contribution >= 0.6 is 0 Å². The highest BCUT2D eigenvalue weighted by molar-refractivity contribution is 6.74. The quantitative estimate of drug-likeness (QED) is 0.289. The Bertz CT molecular complexity index is 311. The maximum absolute atomic E-state index is 6.22. The van der Waals surface area contributed by atoms with Crippen LogP contribution in [0.2, 0.25) is 18.1 Å². The second-order valence-electron chi connectivity index (χ2n) is 5.84. The van der Waals surface area contributed by atoms with Gasteiger partial charge in [0.25, 0.3) is 0 Å². The first-order valence-corrected chi connectivity index (χ1v) is 9.35. The van der Waals surface area contributed by atoms with Crippen LogP contribution in [0.5, 0.6) is 0 Å². The summed E-state index contributed by atoms with van der Waals surface area (Å²) in [6.45, 7) is 21.3. The molecule has 1 unspecified atom stereocenters. The van der Waals surface area contributed by atoms with Gasteiger partial charge in [-0.1, -0.05) is 33.4 Å². The fraction of sp³-hybridized carbons (Fsp3) is 0.600. The number of allylic oxidation sites excluding steroid dienone is 1. The number of hydrogen-bond acceptors (Lipinski definition) is 2. The highest BCUT2D eigenvalue weighted by Gasteiger charge is 2.38. The standard InChI is InChI=1S/C15H28O2Si/c1-9-14(12-11-13(3)16-10-2)17-18(7,8)15(4,5)6/h9,11-12,14H,1,3,10H2,2,4-8H3/b12-11+.